The second-order valence-corrected chi connectivity index (χ2v) is 6.08. The van der Waals surface area contributed by atoms with Crippen molar-refractivity contribution in [3.8, 4) is 0 Å². The molecule has 0 radical (unpaired) electrons. The van der Waals surface area contributed by atoms with Crippen LogP contribution in [0, 0.1) is 10.5 Å². The van der Waals surface area contributed by atoms with Crippen molar-refractivity contribution in [3.63, 3.8) is 0 Å². The van der Waals surface area contributed by atoms with E-state index in [1.54, 1.807) is 0 Å². The highest BCUT2D eigenvalue weighted by Crippen LogP contribution is 2.29. The van der Waals surface area contributed by atoms with Crippen molar-refractivity contribution in [3.05, 3.63) is 57.2 Å². The lowest BCUT2D eigenvalue weighted by molar-refractivity contribution is 1.29. The zero-order valence-corrected chi connectivity index (χ0v) is 12.6. The van der Waals surface area contributed by atoms with Crippen LogP contribution in [0.15, 0.2) is 47.4 Å². The van der Waals surface area contributed by atoms with Crippen LogP contribution >= 0.6 is 34.4 Å². The van der Waals surface area contributed by atoms with Crippen LogP contribution in [0.2, 0.25) is 0 Å². The lowest BCUT2D eigenvalue weighted by Gasteiger charge is -2.07. The Morgan fingerprint density at radius 2 is 1.94 bits per heavy atom. The molecular weight excluding hydrogens is 341 g/mol. The van der Waals surface area contributed by atoms with Crippen LogP contribution in [-0.2, 0) is 5.75 Å². The molecule has 0 aromatic heterocycles. The summed E-state index contributed by atoms with van der Waals surface area (Å²) in [5.74, 6) is 1.01. The third-order valence-corrected chi connectivity index (χ3v) is 4.98. The molecule has 0 atom stereocenters. The highest BCUT2D eigenvalue weighted by Gasteiger charge is 2.03. The van der Waals surface area contributed by atoms with E-state index in [2.05, 4.69) is 59.8 Å². The van der Waals surface area contributed by atoms with E-state index >= 15 is 0 Å². The minimum Gasteiger partial charge on any atom is -0.399 e. The fourth-order valence-corrected chi connectivity index (χ4v) is 3.56. The summed E-state index contributed by atoms with van der Waals surface area (Å²) in [4.78, 5) is 1.29. The van der Waals surface area contributed by atoms with E-state index in [1.165, 1.54) is 19.6 Å². The highest BCUT2D eigenvalue weighted by atomic mass is 127. The van der Waals surface area contributed by atoms with E-state index in [4.69, 9.17) is 5.73 Å². The Balaban J connectivity index is 2.10. The molecule has 2 aromatic rings. The molecule has 1 nitrogen and oxygen atoms in total. The van der Waals surface area contributed by atoms with E-state index in [0.29, 0.717) is 0 Å². The molecule has 0 aliphatic carbocycles. The smallest absolute Gasteiger partial charge is 0.0325 e. The summed E-state index contributed by atoms with van der Waals surface area (Å²) in [5, 5.41) is 0. The van der Waals surface area contributed by atoms with E-state index in [9.17, 15) is 0 Å². The van der Waals surface area contributed by atoms with E-state index in [-0.39, 0.29) is 0 Å². The minimum atomic E-state index is 0.828. The van der Waals surface area contributed by atoms with Crippen LogP contribution in [0.5, 0.6) is 0 Å². The summed E-state index contributed by atoms with van der Waals surface area (Å²) in [7, 11) is 0. The van der Waals surface area contributed by atoms with Crippen molar-refractivity contribution < 1.29 is 0 Å². The van der Waals surface area contributed by atoms with Crippen LogP contribution in [-0.4, -0.2) is 0 Å². The van der Waals surface area contributed by atoms with Gasteiger partial charge >= 0.3 is 0 Å². The lowest BCUT2D eigenvalue weighted by Crippen LogP contribution is -1.89. The van der Waals surface area contributed by atoms with Gasteiger partial charge in [-0.2, -0.15) is 0 Å². The zero-order chi connectivity index (χ0) is 12.3. The molecule has 2 rings (SSSR count). The van der Waals surface area contributed by atoms with E-state index in [1.807, 2.05) is 23.9 Å². The highest BCUT2D eigenvalue weighted by molar-refractivity contribution is 14.1. The quantitative estimate of drug-likeness (QED) is 0.499. The molecular formula is C14H14INS. The first-order chi connectivity index (χ1) is 8.16. The molecule has 0 amide bonds. The topological polar surface area (TPSA) is 26.0 Å². The molecule has 0 aliphatic heterocycles. The van der Waals surface area contributed by atoms with Gasteiger partial charge in [-0.3, -0.25) is 0 Å². The molecule has 0 saturated heterocycles. The Morgan fingerprint density at radius 3 is 2.65 bits per heavy atom. The van der Waals surface area contributed by atoms with Crippen LogP contribution < -0.4 is 5.73 Å². The summed E-state index contributed by atoms with van der Waals surface area (Å²) >= 11 is 4.20. The van der Waals surface area contributed by atoms with Gasteiger partial charge in [-0.15, -0.1) is 11.8 Å². The Morgan fingerprint density at radius 1 is 1.18 bits per heavy atom. The van der Waals surface area contributed by atoms with Gasteiger partial charge in [0, 0.05) is 19.9 Å². The largest absolute Gasteiger partial charge is 0.399 e. The maximum Gasteiger partial charge on any atom is 0.0325 e. The monoisotopic (exact) mass is 355 g/mol. The SMILES string of the molecule is Cc1ccccc1CSc1ccc(N)cc1I. The predicted molar refractivity (Wildman–Crippen MR) is 84.3 cm³/mol. The van der Waals surface area contributed by atoms with Gasteiger partial charge in [0.2, 0.25) is 0 Å². The second kappa shape index (κ2) is 5.78. The average Bonchev–Trinajstić information content (AvgIpc) is 2.30. The Kier molecular flexibility index (Phi) is 4.34. The van der Waals surface area contributed by atoms with Crippen LogP contribution in [0.1, 0.15) is 11.1 Å². The summed E-state index contributed by atoms with van der Waals surface area (Å²) in [6.07, 6.45) is 0. The van der Waals surface area contributed by atoms with Crippen molar-refractivity contribution in [1.29, 1.82) is 0 Å². The third-order valence-electron chi connectivity index (χ3n) is 2.60. The maximum atomic E-state index is 5.74. The number of nitrogens with two attached hydrogens (primary N) is 1. The number of nitrogen functional groups attached to an aromatic ring is 1. The molecule has 0 bridgehead atoms. The number of thioether (sulfide) groups is 1. The third kappa shape index (κ3) is 3.39. The Labute approximate surface area is 120 Å². The summed E-state index contributed by atoms with van der Waals surface area (Å²) < 4.78 is 1.22. The van der Waals surface area contributed by atoms with Gasteiger partial charge in [-0.05, 0) is 58.8 Å². The molecule has 0 spiro atoms. The molecule has 17 heavy (non-hydrogen) atoms. The van der Waals surface area contributed by atoms with Crippen LogP contribution in [0.4, 0.5) is 5.69 Å². The molecule has 0 heterocycles. The fourth-order valence-electron chi connectivity index (χ4n) is 1.56. The Hall–Kier alpha value is -0.680. The standard InChI is InChI=1S/C14H14INS/c1-10-4-2-3-5-11(10)9-17-14-7-6-12(16)8-13(14)15/h2-8H,9,16H2,1H3. The molecule has 0 aliphatic rings. The predicted octanol–water partition coefficient (Wildman–Crippen LogP) is 4.47. The van der Waals surface area contributed by atoms with Crippen molar-refractivity contribution in [1.82, 2.24) is 0 Å². The second-order valence-electron chi connectivity index (χ2n) is 3.91. The van der Waals surface area contributed by atoms with Gasteiger partial charge in [-0.25, -0.2) is 0 Å². The maximum absolute atomic E-state index is 5.74. The molecule has 2 N–H and O–H groups in total. The zero-order valence-electron chi connectivity index (χ0n) is 9.61. The number of rotatable bonds is 3. The number of aryl methyl sites for hydroxylation is 1. The molecule has 0 fully saturated rings. The fraction of sp³-hybridized carbons (Fsp3) is 0.143. The number of benzene rings is 2. The Bertz CT molecular complexity index is 525. The van der Waals surface area contributed by atoms with Gasteiger partial charge in [0.15, 0.2) is 0 Å². The van der Waals surface area contributed by atoms with Crippen molar-refractivity contribution in [2.24, 2.45) is 0 Å². The molecule has 88 valence electrons. The number of anilines is 1. The van der Waals surface area contributed by atoms with Gasteiger partial charge in [0.1, 0.15) is 0 Å². The van der Waals surface area contributed by atoms with E-state index < -0.39 is 0 Å². The average molecular weight is 355 g/mol. The van der Waals surface area contributed by atoms with E-state index in [0.717, 1.165) is 11.4 Å². The van der Waals surface area contributed by atoms with Gasteiger partial charge < -0.3 is 5.73 Å². The van der Waals surface area contributed by atoms with Gasteiger partial charge in [0.25, 0.3) is 0 Å². The summed E-state index contributed by atoms with van der Waals surface area (Å²) in [5.41, 5.74) is 9.32. The molecule has 0 saturated carbocycles. The summed E-state index contributed by atoms with van der Waals surface area (Å²) in [6.45, 7) is 2.16. The lowest BCUT2D eigenvalue weighted by atomic mass is 10.1. The normalized spacial score (nSPS) is 10.5. The summed E-state index contributed by atoms with van der Waals surface area (Å²) in [6, 6.07) is 14.6. The van der Waals surface area contributed by atoms with Gasteiger partial charge in [-0.1, -0.05) is 24.3 Å². The first-order valence-electron chi connectivity index (χ1n) is 5.39. The molecule has 0 unspecified atom stereocenters. The first kappa shape index (κ1) is 12.8. The van der Waals surface area contributed by atoms with Gasteiger partial charge in [0.05, 0.1) is 0 Å². The number of halogens is 1. The molecule has 2 aromatic carbocycles. The van der Waals surface area contributed by atoms with Crippen LogP contribution in [0.3, 0.4) is 0 Å². The first-order valence-corrected chi connectivity index (χ1v) is 7.45. The van der Waals surface area contributed by atoms with Crippen molar-refractivity contribution >= 4 is 40.0 Å². The number of hydrogen-bond acceptors (Lipinski definition) is 2. The minimum absolute atomic E-state index is 0.828. The number of hydrogen-bond donors (Lipinski definition) is 1. The van der Waals surface area contributed by atoms with Crippen LogP contribution in [0.25, 0.3) is 0 Å². The van der Waals surface area contributed by atoms with Crippen molar-refractivity contribution in [2.75, 3.05) is 5.73 Å². The molecule has 3 heteroatoms. The van der Waals surface area contributed by atoms with Crippen molar-refractivity contribution in [2.45, 2.75) is 17.6 Å².